The molecule has 0 unspecified atom stereocenters. The van der Waals surface area contributed by atoms with Crippen LogP contribution in [0.2, 0.25) is 0 Å². The molecule has 100 valence electrons. The van der Waals surface area contributed by atoms with Gasteiger partial charge in [-0.25, -0.2) is 19.2 Å². The van der Waals surface area contributed by atoms with E-state index >= 15 is 0 Å². The van der Waals surface area contributed by atoms with Gasteiger partial charge in [-0.05, 0) is 40.2 Å². The fraction of sp³-hybridized carbons (Fsp3) is 0. The molecule has 7 heteroatoms. The van der Waals surface area contributed by atoms with E-state index in [1.54, 1.807) is 6.07 Å². The molecule has 0 aliphatic carbocycles. The second kappa shape index (κ2) is 4.68. The maximum atomic E-state index is 13.1. The number of carboxylic acid groups (broad SMARTS) is 1. The number of benzene rings is 1. The molecular formula is C13H7BrFN3O2. The van der Waals surface area contributed by atoms with Crippen molar-refractivity contribution >= 4 is 33.1 Å². The highest BCUT2D eigenvalue weighted by molar-refractivity contribution is 9.10. The third kappa shape index (κ3) is 2.05. The van der Waals surface area contributed by atoms with Crippen LogP contribution in [0.3, 0.4) is 0 Å². The Labute approximate surface area is 120 Å². The normalized spacial score (nSPS) is 10.9. The summed E-state index contributed by atoms with van der Waals surface area (Å²) in [7, 11) is 0. The van der Waals surface area contributed by atoms with Crippen molar-refractivity contribution in [3.05, 3.63) is 46.3 Å². The van der Waals surface area contributed by atoms with Gasteiger partial charge in [0.1, 0.15) is 11.6 Å². The van der Waals surface area contributed by atoms with E-state index in [9.17, 15) is 9.18 Å². The monoisotopic (exact) mass is 335 g/mol. The summed E-state index contributed by atoms with van der Waals surface area (Å²) in [6.45, 7) is 0. The molecule has 0 fully saturated rings. The van der Waals surface area contributed by atoms with E-state index in [1.807, 2.05) is 0 Å². The molecule has 0 atom stereocenters. The van der Waals surface area contributed by atoms with E-state index in [4.69, 9.17) is 5.11 Å². The number of hydrogen-bond acceptors (Lipinski definition) is 3. The van der Waals surface area contributed by atoms with Crippen molar-refractivity contribution < 1.29 is 14.3 Å². The van der Waals surface area contributed by atoms with Gasteiger partial charge in [0.05, 0.1) is 11.1 Å². The SMILES string of the molecule is O=C(O)c1ccnc2nc(-c3ccc(F)cc3Br)[nH]c12. The topological polar surface area (TPSA) is 78.9 Å². The van der Waals surface area contributed by atoms with E-state index in [0.29, 0.717) is 27.0 Å². The van der Waals surface area contributed by atoms with Gasteiger partial charge in [-0.3, -0.25) is 0 Å². The largest absolute Gasteiger partial charge is 0.478 e. The molecule has 0 bridgehead atoms. The molecule has 2 heterocycles. The number of pyridine rings is 1. The van der Waals surface area contributed by atoms with Gasteiger partial charge in [-0.15, -0.1) is 0 Å². The summed E-state index contributed by atoms with van der Waals surface area (Å²) in [5.74, 6) is -1.01. The lowest BCUT2D eigenvalue weighted by molar-refractivity contribution is 0.0698. The van der Waals surface area contributed by atoms with Gasteiger partial charge in [-0.1, -0.05) is 0 Å². The molecule has 1 aromatic carbocycles. The first-order valence-electron chi connectivity index (χ1n) is 5.59. The summed E-state index contributed by atoms with van der Waals surface area (Å²) >= 11 is 3.25. The smallest absolute Gasteiger partial charge is 0.338 e. The summed E-state index contributed by atoms with van der Waals surface area (Å²) in [6, 6.07) is 5.57. The summed E-state index contributed by atoms with van der Waals surface area (Å²) in [6.07, 6.45) is 1.39. The first-order valence-corrected chi connectivity index (χ1v) is 6.39. The summed E-state index contributed by atoms with van der Waals surface area (Å²) < 4.78 is 13.6. The highest BCUT2D eigenvalue weighted by Crippen LogP contribution is 2.28. The summed E-state index contributed by atoms with van der Waals surface area (Å²) in [4.78, 5) is 22.3. The van der Waals surface area contributed by atoms with Crippen LogP contribution in [0.1, 0.15) is 10.4 Å². The lowest BCUT2D eigenvalue weighted by atomic mass is 10.2. The average molecular weight is 336 g/mol. The van der Waals surface area contributed by atoms with Crippen molar-refractivity contribution in [2.75, 3.05) is 0 Å². The van der Waals surface area contributed by atoms with Crippen LogP contribution in [0.5, 0.6) is 0 Å². The molecule has 0 aliphatic rings. The zero-order chi connectivity index (χ0) is 14.3. The number of carboxylic acids is 1. The average Bonchev–Trinajstić information content (AvgIpc) is 2.81. The lowest BCUT2D eigenvalue weighted by Crippen LogP contribution is -1.97. The number of nitrogens with zero attached hydrogens (tertiary/aromatic N) is 2. The highest BCUT2D eigenvalue weighted by atomic mass is 79.9. The van der Waals surface area contributed by atoms with Gasteiger partial charge in [0, 0.05) is 16.2 Å². The maximum absolute atomic E-state index is 13.1. The standard InChI is InChI=1S/C13H7BrFN3O2/c14-9-5-6(15)1-2-7(9)11-17-10-8(13(19)20)3-4-16-12(10)18-11/h1-5H,(H,19,20)(H,16,17,18). The van der Waals surface area contributed by atoms with E-state index in [1.165, 1.54) is 24.4 Å². The van der Waals surface area contributed by atoms with E-state index < -0.39 is 5.97 Å². The van der Waals surface area contributed by atoms with Crippen molar-refractivity contribution in [2.45, 2.75) is 0 Å². The number of H-pyrrole nitrogens is 1. The predicted molar refractivity (Wildman–Crippen MR) is 73.9 cm³/mol. The molecule has 20 heavy (non-hydrogen) atoms. The number of nitrogens with one attached hydrogen (secondary N) is 1. The third-order valence-electron chi connectivity index (χ3n) is 2.81. The first-order chi connectivity index (χ1) is 9.56. The first kappa shape index (κ1) is 12.7. The second-order valence-electron chi connectivity index (χ2n) is 4.07. The molecule has 0 radical (unpaired) electrons. The Morgan fingerprint density at radius 2 is 2.15 bits per heavy atom. The number of fused-ring (bicyclic) bond motifs is 1. The van der Waals surface area contributed by atoms with E-state index in [-0.39, 0.29) is 11.4 Å². The number of imidazole rings is 1. The van der Waals surface area contributed by atoms with Crippen molar-refractivity contribution in [1.82, 2.24) is 15.0 Å². The van der Waals surface area contributed by atoms with E-state index in [2.05, 4.69) is 30.9 Å². The molecular weight excluding hydrogens is 329 g/mol. The minimum Gasteiger partial charge on any atom is -0.478 e. The minimum absolute atomic E-state index is 0.0898. The van der Waals surface area contributed by atoms with Gasteiger partial charge in [-0.2, -0.15) is 0 Å². The van der Waals surface area contributed by atoms with Crippen molar-refractivity contribution in [2.24, 2.45) is 0 Å². The summed E-state index contributed by atoms with van der Waals surface area (Å²) in [5, 5.41) is 9.12. The Kier molecular flexibility index (Phi) is 2.98. The highest BCUT2D eigenvalue weighted by Gasteiger charge is 2.15. The van der Waals surface area contributed by atoms with Crippen molar-refractivity contribution in [1.29, 1.82) is 0 Å². The molecule has 3 rings (SSSR count). The molecule has 2 N–H and O–H groups in total. The van der Waals surface area contributed by atoms with Crippen LogP contribution in [0.15, 0.2) is 34.9 Å². The second-order valence-corrected chi connectivity index (χ2v) is 4.93. The fourth-order valence-corrected chi connectivity index (χ4v) is 2.44. The zero-order valence-corrected chi connectivity index (χ0v) is 11.5. The number of carbonyl (C=O) groups is 1. The summed E-state index contributed by atoms with van der Waals surface area (Å²) in [5.41, 5.74) is 1.36. The van der Waals surface area contributed by atoms with Crippen LogP contribution in [-0.4, -0.2) is 26.0 Å². The molecule has 0 spiro atoms. The quantitative estimate of drug-likeness (QED) is 0.753. The molecule has 3 aromatic rings. The molecule has 0 saturated carbocycles. The van der Waals surface area contributed by atoms with Gasteiger partial charge in [0.2, 0.25) is 0 Å². The van der Waals surface area contributed by atoms with Crippen LogP contribution < -0.4 is 0 Å². The molecule has 5 nitrogen and oxygen atoms in total. The lowest BCUT2D eigenvalue weighted by Gasteiger charge is -2.00. The van der Waals surface area contributed by atoms with Crippen LogP contribution in [0.4, 0.5) is 4.39 Å². The van der Waals surface area contributed by atoms with Crippen molar-refractivity contribution in [3.63, 3.8) is 0 Å². The van der Waals surface area contributed by atoms with Crippen LogP contribution in [-0.2, 0) is 0 Å². The predicted octanol–water partition coefficient (Wildman–Crippen LogP) is 3.22. The maximum Gasteiger partial charge on any atom is 0.338 e. The Hall–Kier alpha value is -2.28. The molecule has 0 aliphatic heterocycles. The molecule has 0 saturated heterocycles. The molecule has 2 aromatic heterocycles. The Balaban J connectivity index is 2.23. The number of halogens is 2. The number of hydrogen-bond donors (Lipinski definition) is 2. The van der Waals surface area contributed by atoms with Crippen LogP contribution >= 0.6 is 15.9 Å². The fourth-order valence-electron chi connectivity index (χ4n) is 1.90. The zero-order valence-electron chi connectivity index (χ0n) is 9.89. The number of aromatic nitrogens is 3. The Morgan fingerprint density at radius 3 is 2.85 bits per heavy atom. The van der Waals surface area contributed by atoms with Gasteiger partial charge >= 0.3 is 5.97 Å². The van der Waals surface area contributed by atoms with Gasteiger partial charge in [0.25, 0.3) is 0 Å². The number of aromatic amines is 1. The van der Waals surface area contributed by atoms with Crippen LogP contribution in [0.25, 0.3) is 22.6 Å². The van der Waals surface area contributed by atoms with Gasteiger partial charge < -0.3 is 10.1 Å². The number of aromatic carboxylic acids is 1. The minimum atomic E-state index is -1.06. The van der Waals surface area contributed by atoms with Crippen LogP contribution in [0, 0.1) is 5.82 Å². The van der Waals surface area contributed by atoms with Crippen molar-refractivity contribution in [3.8, 4) is 11.4 Å². The van der Waals surface area contributed by atoms with E-state index in [0.717, 1.165) is 0 Å². The Bertz CT molecular complexity index is 832. The number of rotatable bonds is 2. The van der Waals surface area contributed by atoms with Gasteiger partial charge in [0.15, 0.2) is 5.65 Å². The molecule has 0 amide bonds. The Morgan fingerprint density at radius 1 is 1.35 bits per heavy atom. The third-order valence-corrected chi connectivity index (χ3v) is 3.46.